The monoisotopic (exact) mass is 504 g/mol. The number of ether oxygens (including phenoxy) is 1. The topological polar surface area (TPSA) is 160 Å². The Morgan fingerprint density at radius 2 is 1.54 bits per heavy atom. The number of nitrogens with one attached hydrogen (secondary N) is 3. The second kappa shape index (κ2) is 10.7. The van der Waals surface area contributed by atoms with Crippen LogP contribution >= 0.6 is 0 Å². The predicted octanol–water partition coefficient (Wildman–Crippen LogP) is 1.99. The Labute approximate surface area is 212 Å². The minimum absolute atomic E-state index is 0.188. The number of anilines is 1. The minimum Gasteiger partial charge on any atom is -0.394 e. The number of hydrogen-bond acceptors (Lipinski definition) is 7. The maximum Gasteiger partial charge on any atom is 0.320 e. The van der Waals surface area contributed by atoms with Crippen molar-refractivity contribution < 1.29 is 30.0 Å². The van der Waals surface area contributed by atoms with E-state index in [1.807, 2.05) is 60.7 Å². The smallest absolute Gasteiger partial charge is 0.320 e. The number of hydrogen-bond donors (Lipinski definition) is 7. The molecule has 10 heteroatoms. The van der Waals surface area contributed by atoms with Gasteiger partial charge in [-0.2, -0.15) is 0 Å². The number of aliphatic hydroxyl groups excluding tert-OH is 4. The molecule has 5 atom stereocenters. The summed E-state index contributed by atoms with van der Waals surface area (Å²) in [6.45, 7) is -0.543. The molecule has 2 heterocycles. The molecule has 2 amide bonds. The van der Waals surface area contributed by atoms with E-state index in [0.717, 1.165) is 11.1 Å². The van der Waals surface area contributed by atoms with E-state index in [-0.39, 0.29) is 11.9 Å². The molecule has 10 nitrogen and oxygen atoms in total. The normalized spacial score (nSPS) is 23.8. The maximum atomic E-state index is 13.1. The Morgan fingerprint density at radius 1 is 0.892 bits per heavy atom. The first kappa shape index (κ1) is 24.9. The number of aromatic nitrogens is 2. The van der Waals surface area contributed by atoms with Gasteiger partial charge in [-0.1, -0.05) is 66.7 Å². The van der Waals surface area contributed by atoms with Crippen molar-refractivity contribution in [1.82, 2.24) is 15.3 Å². The van der Waals surface area contributed by atoms with Crippen molar-refractivity contribution in [3.8, 4) is 0 Å². The number of aromatic amines is 1. The number of imidazole rings is 1. The molecule has 0 saturated carbocycles. The van der Waals surface area contributed by atoms with Crippen LogP contribution in [0.15, 0.2) is 78.9 Å². The second-order valence-corrected chi connectivity index (χ2v) is 8.93. The molecule has 5 rings (SSSR count). The van der Waals surface area contributed by atoms with E-state index in [4.69, 9.17) is 4.74 Å². The van der Waals surface area contributed by atoms with E-state index in [1.165, 1.54) is 0 Å². The molecule has 0 radical (unpaired) electrons. The maximum absolute atomic E-state index is 13.1. The van der Waals surface area contributed by atoms with Gasteiger partial charge in [0.2, 0.25) is 0 Å². The summed E-state index contributed by atoms with van der Waals surface area (Å²) in [6.07, 6.45) is -6.65. The van der Waals surface area contributed by atoms with Gasteiger partial charge in [0.25, 0.3) is 0 Å². The van der Waals surface area contributed by atoms with Gasteiger partial charge in [-0.05, 0) is 23.3 Å². The highest BCUT2D eigenvalue weighted by Gasteiger charge is 2.45. The summed E-state index contributed by atoms with van der Waals surface area (Å²) < 4.78 is 5.61. The Bertz CT molecular complexity index is 1310. The van der Waals surface area contributed by atoms with Gasteiger partial charge < -0.3 is 40.8 Å². The van der Waals surface area contributed by atoms with Crippen molar-refractivity contribution >= 4 is 22.8 Å². The molecule has 0 bridgehead atoms. The first-order valence-corrected chi connectivity index (χ1v) is 11.9. The molecule has 0 unspecified atom stereocenters. The molecule has 4 aromatic rings. The first-order valence-electron chi connectivity index (χ1n) is 11.9. The third kappa shape index (κ3) is 5.06. The second-order valence-electron chi connectivity index (χ2n) is 8.93. The number of para-hydroxylation sites is 1. The van der Waals surface area contributed by atoms with Crippen LogP contribution in [0, 0.1) is 0 Å². The summed E-state index contributed by atoms with van der Waals surface area (Å²) in [5.41, 5.74) is 3.24. The Hall–Kier alpha value is -3.80. The zero-order chi connectivity index (χ0) is 25.9. The van der Waals surface area contributed by atoms with Gasteiger partial charge in [-0.25, -0.2) is 9.78 Å². The Balaban J connectivity index is 1.39. The number of H-pyrrole nitrogens is 1. The quantitative estimate of drug-likeness (QED) is 0.211. The van der Waals surface area contributed by atoms with Gasteiger partial charge in [0.1, 0.15) is 41.9 Å². The fourth-order valence-electron chi connectivity index (χ4n) is 4.55. The van der Waals surface area contributed by atoms with Gasteiger partial charge in [-0.3, -0.25) is 0 Å². The number of urea groups is 1. The molecule has 1 fully saturated rings. The van der Waals surface area contributed by atoms with E-state index in [2.05, 4.69) is 20.6 Å². The Morgan fingerprint density at radius 3 is 2.16 bits per heavy atom. The molecular formula is C27H28N4O6. The molecular weight excluding hydrogens is 476 g/mol. The van der Waals surface area contributed by atoms with Gasteiger partial charge in [0.05, 0.1) is 23.9 Å². The minimum atomic E-state index is -1.53. The zero-order valence-corrected chi connectivity index (χ0v) is 19.7. The zero-order valence-electron chi connectivity index (χ0n) is 19.7. The lowest BCUT2D eigenvalue weighted by Gasteiger charge is -2.39. The third-order valence-electron chi connectivity index (χ3n) is 6.48. The summed E-state index contributed by atoms with van der Waals surface area (Å²) in [7, 11) is 0. The number of carbonyl (C=O) groups is 1. The van der Waals surface area contributed by atoms with Crippen LogP contribution in [0.25, 0.3) is 11.0 Å². The van der Waals surface area contributed by atoms with Crippen molar-refractivity contribution in [2.45, 2.75) is 36.6 Å². The van der Waals surface area contributed by atoms with Crippen LogP contribution < -0.4 is 10.6 Å². The van der Waals surface area contributed by atoms with Crippen molar-refractivity contribution in [3.63, 3.8) is 0 Å². The van der Waals surface area contributed by atoms with E-state index in [0.29, 0.717) is 16.7 Å². The number of amides is 2. The fourth-order valence-corrected chi connectivity index (χ4v) is 4.55. The molecule has 0 spiro atoms. The van der Waals surface area contributed by atoms with Crippen molar-refractivity contribution in [1.29, 1.82) is 0 Å². The van der Waals surface area contributed by atoms with Gasteiger partial charge in [0.15, 0.2) is 0 Å². The molecule has 7 N–H and O–H groups in total. The number of fused-ring (bicyclic) bond motifs is 1. The molecule has 0 aliphatic carbocycles. The van der Waals surface area contributed by atoms with E-state index in [1.54, 1.807) is 18.2 Å². The molecule has 37 heavy (non-hydrogen) atoms. The first-order chi connectivity index (χ1) is 18.0. The lowest BCUT2D eigenvalue weighted by Crippen LogP contribution is -2.55. The molecule has 1 aliphatic heterocycles. The van der Waals surface area contributed by atoms with Crippen LogP contribution in [0.4, 0.5) is 10.5 Å². The fraction of sp³-hybridized carbons (Fsp3) is 0.259. The third-order valence-corrected chi connectivity index (χ3v) is 6.48. The number of rotatable bonds is 6. The van der Waals surface area contributed by atoms with Crippen LogP contribution in [-0.4, -0.2) is 67.4 Å². The average Bonchev–Trinajstić information content (AvgIpc) is 3.37. The standard InChI is InChI=1S/C27H28N4O6/c32-14-19-22(33)23(34)24(35)25(37-19)26-28-17-12-7-13-18(21(17)30-26)29-27(36)31-20(15-8-3-1-4-9-15)16-10-5-2-6-11-16/h1-13,19-20,22-25,32-35H,14H2,(H,28,30)(H2,29,31,36)/t19-,22-,23+,24-,25-/m1/s1. The van der Waals surface area contributed by atoms with Crippen LogP contribution in [0.1, 0.15) is 29.1 Å². The highest BCUT2D eigenvalue weighted by Crippen LogP contribution is 2.33. The number of nitrogens with zero attached hydrogens (tertiary/aromatic N) is 1. The highest BCUT2D eigenvalue weighted by atomic mass is 16.5. The molecule has 1 aromatic heterocycles. The van der Waals surface area contributed by atoms with Crippen LogP contribution in [0.2, 0.25) is 0 Å². The van der Waals surface area contributed by atoms with E-state index in [9.17, 15) is 25.2 Å². The Kier molecular flexibility index (Phi) is 7.17. The molecule has 1 saturated heterocycles. The summed E-state index contributed by atoms with van der Waals surface area (Å²) in [5, 5.41) is 46.1. The van der Waals surface area contributed by atoms with Crippen LogP contribution in [-0.2, 0) is 4.74 Å². The predicted molar refractivity (Wildman–Crippen MR) is 136 cm³/mol. The van der Waals surface area contributed by atoms with Crippen molar-refractivity contribution in [2.24, 2.45) is 0 Å². The number of carbonyl (C=O) groups excluding carboxylic acids is 1. The van der Waals surface area contributed by atoms with E-state index < -0.39 is 43.2 Å². The summed E-state index contributed by atoms with van der Waals surface area (Å²) >= 11 is 0. The van der Waals surface area contributed by atoms with Crippen LogP contribution in [0.5, 0.6) is 0 Å². The van der Waals surface area contributed by atoms with Gasteiger partial charge in [-0.15, -0.1) is 0 Å². The van der Waals surface area contributed by atoms with Crippen molar-refractivity contribution in [3.05, 3.63) is 95.8 Å². The molecule has 192 valence electrons. The SMILES string of the molecule is O=C(Nc1cccc2[nH]c([C@@H]3O[C@H](CO)[C@@H](O)[C@H](O)[C@H]3O)nc12)NC(c1ccccc1)c1ccccc1. The van der Waals surface area contributed by atoms with Gasteiger partial charge in [0, 0.05) is 0 Å². The summed E-state index contributed by atoms with van der Waals surface area (Å²) in [4.78, 5) is 20.7. The lowest BCUT2D eigenvalue weighted by atomic mass is 9.95. The van der Waals surface area contributed by atoms with Gasteiger partial charge >= 0.3 is 6.03 Å². The highest BCUT2D eigenvalue weighted by molar-refractivity contribution is 5.99. The van der Waals surface area contributed by atoms with E-state index >= 15 is 0 Å². The average molecular weight is 505 g/mol. The number of benzene rings is 3. The van der Waals surface area contributed by atoms with Crippen molar-refractivity contribution in [2.75, 3.05) is 11.9 Å². The molecule has 3 aromatic carbocycles. The largest absolute Gasteiger partial charge is 0.394 e. The summed E-state index contributed by atoms with van der Waals surface area (Å²) in [5.74, 6) is 0.188. The lowest BCUT2D eigenvalue weighted by molar-refractivity contribution is -0.233. The summed E-state index contributed by atoms with van der Waals surface area (Å²) in [6, 6.07) is 23.6. The van der Waals surface area contributed by atoms with Crippen LogP contribution in [0.3, 0.4) is 0 Å². The number of aliphatic hydroxyl groups is 4. The molecule has 1 aliphatic rings.